The third-order valence-corrected chi connectivity index (χ3v) is 5.27. The zero-order valence-electron chi connectivity index (χ0n) is 13.9. The molecule has 2 amide bonds. The minimum atomic E-state index is 0.0557. The van der Waals surface area contributed by atoms with E-state index in [4.69, 9.17) is 11.6 Å². The Labute approximate surface area is 148 Å². The van der Waals surface area contributed by atoms with E-state index in [0.717, 1.165) is 50.0 Å². The van der Waals surface area contributed by atoms with E-state index in [0.29, 0.717) is 12.6 Å². The van der Waals surface area contributed by atoms with Crippen molar-refractivity contribution < 1.29 is 9.59 Å². The number of rotatable bonds is 6. The van der Waals surface area contributed by atoms with Gasteiger partial charge in [-0.25, -0.2) is 0 Å². The van der Waals surface area contributed by atoms with Crippen molar-refractivity contribution in [3.63, 3.8) is 0 Å². The lowest BCUT2D eigenvalue weighted by Crippen LogP contribution is -2.38. The minimum Gasteiger partial charge on any atom is -0.356 e. The summed E-state index contributed by atoms with van der Waals surface area (Å²) in [5, 5.41) is 6.83. The quantitative estimate of drug-likeness (QED) is 0.830. The molecule has 2 aliphatic rings. The van der Waals surface area contributed by atoms with Crippen LogP contribution in [0.3, 0.4) is 0 Å². The molecule has 2 fully saturated rings. The lowest BCUT2D eigenvalue weighted by atomic mass is 9.81. The molecule has 0 saturated heterocycles. The Morgan fingerprint density at radius 3 is 2.08 bits per heavy atom. The average Bonchev–Trinajstić information content (AvgIpc) is 3.40. The highest BCUT2D eigenvalue weighted by Gasteiger charge is 2.32. The van der Waals surface area contributed by atoms with Crippen LogP contribution >= 0.6 is 11.6 Å². The van der Waals surface area contributed by atoms with E-state index in [2.05, 4.69) is 10.6 Å². The fraction of sp³-hybridized carbons (Fsp3) is 0.579. The maximum absolute atomic E-state index is 12.3. The number of halogens is 1. The zero-order chi connectivity index (χ0) is 16.9. The van der Waals surface area contributed by atoms with Gasteiger partial charge in [0.2, 0.25) is 11.8 Å². The lowest BCUT2D eigenvalue weighted by molar-refractivity contribution is -0.130. The molecule has 3 rings (SSSR count). The number of carbonyl (C=O) groups is 2. The molecule has 0 bridgehead atoms. The van der Waals surface area contributed by atoms with E-state index in [9.17, 15) is 9.59 Å². The predicted octanol–water partition coefficient (Wildman–Crippen LogP) is 3.08. The van der Waals surface area contributed by atoms with E-state index in [1.807, 2.05) is 24.3 Å². The molecule has 0 radical (unpaired) electrons. The van der Waals surface area contributed by atoms with Crippen LogP contribution in [0.2, 0.25) is 5.02 Å². The van der Waals surface area contributed by atoms with Crippen LogP contribution in [0.5, 0.6) is 0 Å². The Morgan fingerprint density at radius 1 is 0.917 bits per heavy atom. The van der Waals surface area contributed by atoms with Gasteiger partial charge in [-0.3, -0.25) is 9.59 Å². The van der Waals surface area contributed by atoms with Gasteiger partial charge < -0.3 is 10.6 Å². The first-order valence-corrected chi connectivity index (χ1v) is 9.32. The fourth-order valence-corrected chi connectivity index (χ4v) is 3.42. The van der Waals surface area contributed by atoms with Gasteiger partial charge in [0.05, 0.1) is 0 Å². The summed E-state index contributed by atoms with van der Waals surface area (Å²) in [5.74, 6) is 0.480. The highest BCUT2D eigenvalue weighted by Crippen LogP contribution is 2.30. The van der Waals surface area contributed by atoms with Crippen LogP contribution in [0.4, 0.5) is 0 Å². The molecule has 0 atom stereocenters. The lowest BCUT2D eigenvalue weighted by Gasteiger charge is -2.27. The topological polar surface area (TPSA) is 58.2 Å². The van der Waals surface area contributed by atoms with Gasteiger partial charge in [-0.05, 0) is 62.6 Å². The van der Waals surface area contributed by atoms with Crippen molar-refractivity contribution in [3.05, 3.63) is 34.9 Å². The molecule has 130 valence electrons. The molecule has 0 heterocycles. The summed E-state index contributed by atoms with van der Waals surface area (Å²) < 4.78 is 0. The maximum atomic E-state index is 12.3. The van der Waals surface area contributed by atoms with Gasteiger partial charge in [0, 0.05) is 29.4 Å². The van der Waals surface area contributed by atoms with E-state index < -0.39 is 0 Å². The van der Waals surface area contributed by atoms with Crippen LogP contribution in [-0.2, 0) is 16.0 Å². The summed E-state index contributed by atoms with van der Waals surface area (Å²) in [6, 6.07) is 8.13. The molecule has 0 aliphatic heterocycles. The second-order valence-corrected chi connectivity index (χ2v) is 7.44. The average molecular weight is 349 g/mol. The van der Waals surface area contributed by atoms with Crippen LogP contribution < -0.4 is 10.6 Å². The smallest absolute Gasteiger partial charge is 0.223 e. The molecule has 2 N–H and O–H groups in total. The SMILES string of the molecule is O=C(NCCc1ccc(Cl)cc1)C1CCC(C(=O)NC2CC2)CC1. The molecule has 0 unspecified atom stereocenters. The van der Waals surface area contributed by atoms with Crippen molar-refractivity contribution in [1.29, 1.82) is 0 Å². The Hall–Kier alpha value is -1.55. The second kappa shape index (κ2) is 8.02. The molecular weight excluding hydrogens is 324 g/mol. The van der Waals surface area contributed by atoms with Crippen molar-refractivity contribution in [2.24, 2.45) is 11.8 Å². The summed E-state index contributed by atoms with van der Waals surface area (Å²) in [7, 11) is 0. The largest absolute Gasteiger partial charge is 0.356 e. The molecule has 0 spiro atoms. The van der Waals surface area contributed by atoms with E-state index >= 15 is 0 Å². The number of nitrogens with one attached hydrogen (secondary N) is 2. The Bertz CT molecular complexity index is 576. The molecular formula is C19H25ClN2O2. The first-order chi connectivity index (χ1) is 11.6. The second-order valence-electron chi connectivity index (χ2n) is 7.00. The van der Waals surface area contributed by atoms with Crippen LogP contribution in [-0.4, -0.2) is 24.4 Å². The minimum absolute atomic E-state index is 0.0557. The third-order valence-electron chi connectivity index (χ3n) is 5.02. The molecule has 0 aromatic heterocycles. The normalized spacial score (nSPS) is 23.5. The Balaban J connectivity index is 1.35. The number of carbonyl (C=O) groups excluding carboxylic acids is 2. The maximum Gasteiger partial charge on any atom is 0.223 e. The van der Waals surface area contributed by atoms with Crippen molar-refractivity contribution in [1.82, 2.24) is 10.6 Å². The van der Waals surface area contributed by atoms with Gasteiger partial charge in [-0.2, -0.15) is 0 Å². The summed E-state index contributed by atoms with van der Waals surface area (Å²) in [6.07, 6.45) is 6.34. The van der Waals surface area contributed by atoms with Crippen molar-refractivity contribution >= 4 is 23.4 Å². The molecule has 5 heteroatoms. The molecule has 2 aliphatic carbocycles. The van der Waals surface area contributed by atoms with Crippen molar-refractivity contribution in [2.75, 3.05) is 6.54 Å². The summed E-state index contributed by atoms with van der Waals surface area (Å²) in [6.45, 7) is 0.641. The first-order valence-electron chi connectivity index (χ1n) is 8.94. The van der Waals surface area contributed by atoms with Gasteiger partial charge in [0.25, 0.3) is 0 Å². The molecule has 1 aromatic carbocycles. The summed E-state index contributed by atoms with van der Waals surface area (Å²) >= 11 is 5.86. The molecule has 2 saturated carbocycles. The summed E-state index contributed by atoms with van der Waals surface area (Å²) in [4.78, 5) is 24.3. The molecule has 1 aromatic rings. The van der Waals surface area contributed by atoms with E-state index in [1.165, 1.54) is 5.56 Å². The molecule has 4 nitrogen and oxygen atoms in total. The van der Waals surface area contributed by atoms with Crippen molar-refractivity contribution in [3.8, 4) is 0 Å². The Kier molecular flexibility index (Phi) is 5.77. The van der Waals surface area contributed by atoms with Gasteiger partial charge >= 0.3 is 0 Å². The third kappa shape index (κ3) is 4.97. The molecule has 24 heavy (non-hydrogen) atoms. The van der Waals surface area contributed by atoms with Gasteiger partial charge in [0.15, 0.2) is 0 Å². The van der Waals surface area contributed by atoms with E-state index in [-0.39, 0.29) is 23.7 Å². The standard InChI is InChI=1S/C19H25ClN2O2/c20-16-7-1-13(2-8-16)11-12-21-18(23)14-3-5-15(6-4-14)19(24)22-17-9-10-17/h1-2,7-8,14-15,17H,3-6,9-12H2,(H,21,23)(H,22,24). The number of hydrogen-bond donors (Lipinski definition) is 2. The van der Waals surface area contributed by atoms with Gasteiger partial charge in [-0.15, -0.1) is 0 Å². The predicted molar refractivity (Wildman–Crippen MR) is 94.8 cm³/mol. The van der Waals surface area contributed by atoms with Crippen LogP contribution in [0, 0.1) is 11.8 Å². The Morgan fingerprint density at radius 2 is 1.50 bits per heavy atom. The van der Waals surface area contributed by atoms with Gasteiger partial charge in [-0.1, -0.05) is 23.7 Å². The highest BCUT2D eigenvalue weighted by atomic mass is 35.5. The highest BCUT2D eigenvalue weighted by molar-refractivity contribution is 6.30. The fourth-order valence-electron chi connectivity index (χ4n) is 3.29. The number of hydrogen-bond acceptors (Lipinski definition) is 2. The summed E-state index contributed by atoms with van der Waals surface area (Å²) in [5.41, 5.74) is 1.17. The van der Waals surface area contributed by atoms with Gasteiger partial charge in [0.1, 0.15) is 0 Å². The number of benzene rings is 1. The van der Waals surface area contributed by atoms with Crippen molar-refractivity contribution in [2.45, 2.75) is 51.0 Å². The van der Waals surface area contributed by atoms with E-state index in [1.54, 1.807) is 0 Å². The first kappa shape index (κ1) is 17.3. The zero-order valence-corrected chi connectivity index (χ0v) is 14.6. The van der Waals surface area contributed by atoms with Crippen LogP contribution in [0.1, 0.15) is 44.1 Å². The van der Waals surface area contributed by atoms with Crippen LogP contribution in [0.15, 0.2) is 24.3 Å². The van der Waals surface area contributed by atoms with Crippen LogP contribution in [0.25, 0.3) is 0 Å². The monoisotopic (exact) mass is 348 g/mol. The number of amides is 2.